The van der Waals surface area contributed by atoms with Gasteiger partial charge >= 0.3 is 0 Å². The molecule has 0 unspecified atom stereocenters. The Morgan fingerprint density at radius 2 is 2.09 bits per heavy atom. The van der Waals surface area contributed by atoms with E-state index in [1.807, 2.05) is 24.3 Å². The highest BCUT2D eigenvalue weighted by Crippen LogP contribution is 2.46. The zero-order valence-electron chi connectivity index (χ0n) is 19.4. The van der Waals surface area contributed by atoms with Gasteiger partial charge in [-0.2, -0.15) is 0 Å². The van der Waals surface area contributed by atoms with Crippen LogP contribution in [0.25, 0.3) is 22.2 Å². The van der Waals surface area contributed by atoms with Crippen LogP contribution < -0.4 is 10.2 Å². The normalized spacial score (nSPS) is 17.6. The number of aromatic nitrogens is 1. The number of ketones is 1. The molecule has 2 N–H and O–H groups in total. The van der Waals surface area contributed by atoms with Crippen molar-refractivity contribution in [1.29, 1.82) is 0 Å². The Kier molecular flexibility index (Phi) is 6.08. The third-order valence-electron chi connectivity index (χ3n) is 6.98. The molecule has 1 aliphatic heterocycles. The van der Waals surface area contributed by atoms with Crippen LogP contribution in [0.3, 0.4) is 0 Å². The Labute approximate surface area is 194 Å². The molecule has 2 aliphatic rings. The van der Waals surface area contributed by atoms with E-state index in [2.05, 4.69) is 40.2 Å². The third kappa shape index (κ3) is 3.89. The molecule has 7 nitrogen and oxygen atoms in total. The van der Waals surface area contributed by atoms with Crippen molar-refractivity contribution in [2.24, 2.45) is 5.92 Å². The number of hydrogen-bond donors (Lipinski definition) is 2. The molecule has 0 radical (unpaired) electrons. The average Bonchev–Trinajstić information content (AvgIpc) is 3.27. The summed E-state index contributed by atoms with van der Waals surface area (Å²) in [5.41, 5.74) is 4.76. The van der Waals surface area contributed by atoms with Crippen molar-refractivity contribution in [3.63, 3.8) is 0 Å². The van der Waals surface area contributed by atoms with Gasteiger partial charge in [0.2, 0.25) is 0 Å². The summed E-state index contributed by atoms with van der Waals surface area (Å²) in [5.74, 6) is 1.30. The second kappa shape index (κ2) is 9.15. The number of nitrogens with zero attached hydrogens (tertiary/aromatic N) is 3. The zero-order chi connectivity index (χ0) is 22.9. The fourth-order valence-electron chi connectivity index (χ4n) is 5.25. The Morgan fingerprint density at radius 3 is 2.85 bits per heavy atom. The number of rotatable bonds is 8. The fourth-order valence-corrected chi connectivity index (χ4v) is 5.25. The Hall–Kier alpha value is -2.90. The van der Waals surface area contributed by atoms with Crippen LogP contribution in [0.5, 0.6) is 0 Å². The molecule has 1 aliphatic carbocycles. The quantitative estimate of drug-likeness (QED) is 0.422. The topological polar surface area (TPSA) is 81.8 Å². The van der Waals surface area contributed by atoms with Crippen LogP contribution in [0.4, 0.5) is 11.4 Å². The van der Waals surface area contributed by atoms with Gasteiger partial charge in [0.1, 0.15) is 5.52 Å². The van der Waals surface area contributed by atoms with E-state index in [4.69, 9.17) is 4.52 Å². The lowest BCUT2D eigenvalue weighted by molar-refractivity contribution is 0.104. The lowest BCUT2D eigenvalue weighted by atomic mass is 9.86. The van der Waals surface area contributed by atoms with Crippen molar-refractivity contribution in [2.75, 3.05) is 56.1 Å². The van der Waals surface area contributed by atoms with Crippen molar-refractivity contribution in [3.8, 4) is 11.3 Å². The molecule has 7 heteroatoms. The second-order valence-electron chi connectivity index (χ2n) is 9.21. The molecule has 3 aromatic rings. The van der Waals surface area contributed by atoms with Crippen LogP contribution in [0, 0.1) is 5.92 Å². The Bertz CT molecular complexity index is 1170. The first-order valence-electron chi connectivity index (χ1n) is 12.0. The van der Waals surface area contributed by atoms with E-state index in [9.17, 15) is 9.90 Å². The molecular weight excluding hydrogens is 416 g/mol. The van der Waals surface area contributed by atoms with Gasteiger partial charge in [-0.25, -0.2) is 0 Å². The molecule has 0 amide bonds. The summed E-state index contributed by atoms with van der Waals surface area (Å²) < 4.78 is 5.88. The highest BCUT2D eigenvalue weighted by atomic mass is 16.5. The van der Waals surface area contributed by atoms with Crippen molar-refractivity contribution < 1.29 is 14.4 Å². The first-order valence-corrected chi connectivity index (χ1v) is 12.0. The minimum atomic E-state index is 0.00932. The summed E-state index contributed by atoms with van der Waals surface area (Å²) in [4.78, 5) is 18.2. The Morgan fingerprint density at radius 1 is 1.27 bits per heavy atom. The van der Waals surface area contributed by atoms with Gasteiger partial charge in [-0.05, 0) is 31.4 Å². The molecule has 5 rings (SSSR count). The van der Waals surface area contributed by atoms with E-state index in [0.29, 0.717) is 35.9 Å². The summed E-state index contributed by atoms with van der Waals surface area (Å²) in [6.45, 7) is 9.44. The lowest BCUT2D eigenvalue weighted by Gasteiger charge is -2.33. The average molecular weight is 449 g/mol. The number of fused-ring (bicyclic) bond motifs is 2. The maximum atomic E-state index is 13.6. The summed E-state index contributed by atoms with van der Waals surface area (Å²) >= 11 is 0. The van der Waals surface area contributed by atoms with Gasteiger partial charge in [-0.1, -0.05) is 43.3 Å². The van der Waals surface area contributed by atoms with E-state index in [0.717, 1.165) is 60.4 Å². The number of aliphatic hydroxyl groups excluding tert-OH is 1. The molecule has 1 saturated heterocycles. The predicted octanol–water partition coefficient (Wildman–Crippen LogP) is 4.00. The maximum absolute atomic E-state index is 13.6. The lowest BCUT2D eigenvalue weighted by Crippen LogP contribution is -2.34. The number of anilines is 2. The van der Waals surface area contributed by atoms with E-state index < -0.39 is 0 Å². The fraction of sp³-hybridized carbons (Fsp3) is 0.462. The molecule has 0 saturated carbocycles. The summed E-state index contributed by atoms with van der Waals surface area (Å²) in [5, 5.41) is 18.1. The van der Waals surface area contributed by atoms with Gasteiger partial charge < -0.3 is 19.8 Å². The molecular formula is C26H32N4O3. The van der Waals surface area contributed by atoms with Crippen molar-refractivity contribution in [1.82, 2.24) is 10.1 Å². The number of likely N-dealkylation sites (N-methyl/N-ethyl adjacent to an activating group) is 1. The predicted molar refractivity (Wildman–Crippen MR) is 131 cm³/mol. The van der Waals surface area contributed by atoms with E-state index in [-0.39, 0.29) is 12.4 Å². The molecule has 33 heavy (non-hydrogen) atoms. The summed E-state index contributed by atoms with van der Waals surface area (Å²) in [7, 11) is 0. The van der Waals surface area contributed by atoms with Crippen LogP contribution in [0.1, 0.15) is 42.6 Å². The van der Waals surface area contributed by atoms with E-state index in [1.54, 1.807) is 0 Å². The van der Waals surface area contributed by atoms with Crippen molar-refractivity contribution in [3.05, 3.63) is 41.5 Å². The van der Waals surface area contributed by atoms with Crippen molar-refractivity contribution >= 4 is 28.1 Å². The Balaban J connectivity index is 1.60. The van der Waals surface area contributed by atoms with Crippen LogP contribution in [-0.4, -0.2) is 66.8 Å². The minimum Gasteiger partial charge on any atom is -0.395 e. The van der Waals surface area contributed by atoms with E-state index in [1.165, 1.54) is 6.42 Å². The number of aliphatic hydroxyl groups is 1. The van der Waals surface area contributed by atoms with Gasteiger partial charge in [0, 0.05) is 49.5 Å². The van der Waals surface area contributed by atoms with Crippen molar-refractivity contribution in [2.45, 2.75) is 26.7 Å². The largest absolute Gasteiger partial charge is 0.395 e. The number of hydrogen-bond acceptors (Lipinski definition) is 7. The van der Waals surface area contributed by atoms with E-state index >= 15 is 0 Å². The first-order chi connectivity index (χ1) is 16.1. The molecule has 1 aromatic heterocycles. The molecule has 2 heterocycles. The van der Waals surface area contributed by atoms with Gasteiger partial charge in [-0.3, -0.25) is 9.69 Å². The van der Waals surface area contributed by atoms with Gasteiger partial charge in [0.15, 0.2) is 11.5 Å². The van der Waals surface area contributed by atoms with Crippen LogP contribution in [0.15, 0.2) is 34.9 Å². The molecule has 1 fully saturated rings. The first kappa shape index (κ1) is 21.9. The summed E-state index contributed by atoms with van der Waals surface area (Å²) in [6, 6.07) is 9.71. The van der Waals surface area contributed by atoms with Crippen LogP contribution >= 0.6 is 0 Å². The zero-order valence-corrected chi connectivity index (χ0v) is 19.4. The smallest absolute Gasteiger partial charge is 0.196 e. The number of piperidine rings is 1. The number of benzene rings is 2. The highest BCUT2D eigenvalue weighted by Gasteiger charge is 2.34. The number of carbonyl (C=O) groups excluding carboxylic acids is 1. The van der Waals surface area contributed by atoms with Gasteiger partial charge in [0.25, 0.3) is 0 Å². The molecule has 0 bridgehead atoms. The molecule has 0 spiro atoms. The third-order valence-corrected chi connectivity index (χ3v) is 6.98. The van der Waals surface area contributed by atoms with Gasteiger partial charge in [-0.15, -0.1) is 0 Å². The van der Waals surface area contributed by atoms with Crippen LogP contribution in [-0.2, 0) is 0 Å². The number of nitrogens with one attached hydrogen (secondary N) is 1. The molecule has 2 aromatic carbocycles. The SMILES string of the molecule is CCN(CCO)CCNc1cc(N2CCC[C@@H](C)C2)c2noc3c2c1C(=O)c1ccccc1-3. The summed E-state index contributed by atoms with van der Waals surface area (Å²) in [6.07, 6.45) is 2.38. The molecule has 1 atom stereocenters. The molecule has 174 valence electrons. The second-order valence-corrected chi connectivity index (χ2v) is 9.21. The number of carbonyl (C=O) groups is 1. The minimum absolute atomic E-state index is 0.00932. The highest BCUT2D eigenvalue weighted by molar-refractivity contribution is 6.28. The van der Waals surface area contributed by atoms with Gasteiger partial charge in [0.05, 0.1) is 23.2 Å². The standard InChI is InChI=1S/C26H32N4O3/c1-3-29(13-14-31)12-10-27-20-15-21(30-11-6-7-17(2)16-30)24-23-22(20)25(32)18-8-4-5-9-19(18)26(23)33-28-24/h4-5,8-9,15,17,27,31H,3,6-7,10-14,16H2,1-2H3/t17-/m1/s1. The maximum Gasteiger partial charge on any atom is 0.196 e. The monoisotopic (exact) mass is 448 g/mol. The van der Waals surface area contributed by atoms with Crippen LogP contribution in [0.2, 0.25) is 0 Å².